The van der Waals surface area contributed by atoms with Gasteiger partial charge in [0.25, 0.3) is 0 Å². The number of hydrogen-bond donors (Lipinski definition) is 1. The highest BCUT2D eigenvalue weighted by Gasteiger charge is 2.38. The fourth-order valence-electron chi connectivity index (χ4n) is 2.12. The average Bonchev–Trinajstić information content (AvgIpc) is 3.22. The summed E-state index contributed by atoms with van der Waals surface area (Å²) < 4.78 is 40.5. The van der Waals surface area contributed by atoms with E-state index in [9.17, 15) is 12.8 Å². The van der Waals surface area contributed by atoms with Gasteiger partial charge in [-0.3, -0.25) is 0 Å². The number of benzene rings is 1. The van der Waals surface area contributed by atoms with E-state index in [0.717, 1.165) is 18.4 Å². The first-order valence-corrected chi connectivity index (χ1v) is 8.00. The standard InChI is InChI=1S/C14H19FN2O2S/c1-3-8-17(12-5-6-12)20(18,19)14-9-11(10-16-2)4-7-13(14)15/h3-4,7,9,12,16H,1,5-6,8,10H2,2H3. The summed E-state index contributed by atoms with van der Waals surface area (Å²) in [4.78, 5) is -0.251. The smallest absolute Gasteiger partial charge is 0.246 e. The SMILES string of the molecule is C=CCN(C1CC1)S(=O)(=O)c1cc(CNC)ccc1F. The van der Waals surface area contributed by atoms with Crippen LogP contribution in [0.5, 0.6) is 0 Å². The molecule has 1 aromatic carbocycles. The lowest BCUT2D eigenvalue weighted by Crippen LogP contribution is -2.34. The number of halogens is 1. The molecule has 1 saturated carbocycles. The highest BCUT2D eigenvalue weighted by molar-refractivity contribution is 7.89. The lowest BCUT2D eigenvalue weighted by Gasteiger charge is -2.21. The highest BCUT2D eigenvalue weighted by atomic mass is 32.2. The van der Waals surface area contributed by atoms with Gasteiger partial charge in [-0.05, 0) is 37.6 Å². The second kappa shape index (κ2) is 6.03. The topological polar surface area (TPSA) is 49.4 Å². The molecule has 4 nitrogen and oxygen atoms in total. The van der Waals surface area contributed by atoms with Crippen LogP contribution in [-0.4, -0.2) is 32.4 Å². The van der Waals surface area contributed by atoms with Crippen LogP contribution in [-0.2, 0) is 16.6 Å². The minimum absolute atomic E-state index is 0.0228. The number of nitrogens with one attached hydrogen (secondary N) is 1. The van der Waals surface area contributed by atoms with E-state index in [1.807, 2.05) is 0 Å². The van der Waals surface area contributed by atoms with Gasteiger partial charge in [-0.1, -0.05) is 12.1 Å². The first kappa shape index (κ1) is 15.2. The molecule has 1 N–H and O–H groups in total. The van der Waals surface area contributed by atoms with Gasteiger partial charge in [0.15, 0.2) is 0 Å². The second-order valence-electron chi connectivity index (χ2n) is 4.89. The minimum atomic E-state index is -3.81. The van der Waals surface area contributed by atoms with E-state index in [4.69, 9.17) is 0 Å². The quantitative estimate of drug-likeness (QED) is 0.782. The van der Waals surface area contributed by atoms with E-state index in [-0.39, 0.29) is 17.5 Å². The van der Waals surface area contributed by atoms with E-state index < -0.39 is 15.8 Å². The Balaban J connectivity index is 2.41. The van der Waals surface area contributed by atoms with E-state index in [1.54, 1.807) is 13.1 Å². The van der Waals surface area contributed by atoms with Crippen molar-refractivity contribution in [3.63, 3.8) is 0 Å². The van der Waals surface area contributed by atoms with Crippen molar-refractivity contribution in [3.05, 3.63) is 42.2 Å². The van der Waals surface area contributed by atoms with E-state index in [1.165, 1.54) is 22.5 Å². The molecule has 0 bridgehead atoms. The number of hydrogen-bond acceptors (Lipinski definition) is 3. The molecule has 2 rings (SSSR count). The molecule has 1 fully saturated rings. The molecule has 0 atom stereocenters. The predicted octanol–water partition coefficient (Wildman–Crippen LogP) is 1.88. The Morgan fingerprint density at radius 1 is 1.50 bits per heavy atom. The molecule has 1 aliphatic rings. The Morgan fingerprint density at radius 2 is 2.20 bits per heavy atom. The largest absolute Gasteiger partial charge is 0.316 e. The van der Waals surface area contributed by atoms with E-state index in [0.29, 0.717) is 6.54 Å². The highest BCUT2D eigenvalue weighted by Crippen LogP contribution is 2.32. The predicted molar refractivity (Wildman–Crippen MR) is 76.3 cm³/mol. The van der Waals surface area contributed by atoms with Crippen molar-refractivity contribution in [1.82, 2.24) is 9.62 Å². The van der Waals surface area contributed by atoms with Crippen LogP contribution in [0.25, 0.3) is 0 Å². The molecule has 20 heavy (non-hydrogen) atoms. The maximum absolute atomic E-state index is 13.9. The molecule has 0 heterocycles. The minimum Gasteiger partial charge on any atom is -0.316 e. The summed E-state index contributed by atoms with van der Waals surface area (Å²) in [5.74, 6) is -0.709. The first-order valence-electron chi connectivity index (χ1n) is 6.56. The normalized spacial score (nSPS) is 15.6. The van der Waals surface area contributed by atoms with Crippen molar-refractivity contribution in [2.24, 2.45) is 0 Å². The number of rotatable bonds is 7. The van der Waals surface area contributed by atoms with E-state index in [2.05, 4.69) is 11.9 Å². The third-order valence-corrected chi connectivity index (χ3v) is 5.16. The molecule has 0 aromatic heterocycles. The maximum atomic E-state index is 13.9. The van der Waals surface area contributed by atoms with Crippen LogP contribution < -0.4 is 5.32 Å². The molecule has 1 aliphatic carbocycles. The van der Waals surface area contributed by atoms with Gasteiger partial charge in [0.05, 0.1) is 0 Å². The summed E-state index contributed by atoms with van der Waals surface area (Å²) in [6.07, 6.45) is 3.18. The van der Waals surface area contributed by atoms with Crippen LogP contribution in [0.1, 0.15) is 18.4 Å². The lowest BCUT2D eigenvalue weighted by atomic mass is 10.2. The first-order chi connectivity index (χ1) is 9.50. The van der Waals surface area contributed by atoms with Gasteiger partial charge in [-0.15, -0.1) is 6.58 Å². The average molecular weight is 298 g/mol. The van der Waals surface area contributed by atoms with Crippen molar-refractivity contribution in [2.45, 2.75) is 30.3 Å². The zero-order valence-electron chi connectivity index (χ0n) is 11.5. The zero-order valence-corrected chi connectivity index (χ0v) is 12.3. The summed E-state index contributed by atoms with van der Waals surface area (Å²) in [6.45, 7) is 4.28. The summed E-state index contributed by atoms with van der Waals surface area (Å²) >= 11 is 0. The third-order valence-electron chi connectivity index (χ3n) is 3.23. The molecule has 0 radical (unpaired) electrons. The fourth-order valence-corrected chi connectivity index (χ4v) is 3.89. The van der Waals surface area contributed by atoms with Crippen molar-refractivity contribution in [3.8, 4) is 0 Å². The number of nitrogens with zero attached hydrogens (tertiary/aromatic N) is 1. The summed E-state index contributed by atoms with van der Waals surface area (Å²) in [6, 6.07) is 4.17. The van der Waals surface area contributed by atoms with Crippen LogP contribution in [0.2, 0.25) is 0 Å². The maximum Gasteiger partial charge on any atom is 0.246 e. The molecule has 0 aliphatic heterocycles. The second-order valence-corrected chi connectivity index (χ2v) is 6.75. The molecule has 6 heteroatoms. The van der Waals surface area contributed by atoms with Crippen LogP contribution in [0.3, 0.4) is 0 Å². The van der Waals surface area contributed by atoms with Gasteiger partial charge < -0.3 is 5.32 Å². The van der Waals surface area contributed by atoms with E-state index >= 15 is 0 Å². The Hall–Kier alpha value is -1.24. The third kappa shape index (κ3) is 3.08. The molecule has 0 saturated heterocycles. The Morgan fingerprint density at radius 3 is 2.75 bits per heavy atom. The summed E-state index contributed by atoms with van der Waals surface area (Å²) in [5.41, 5.74) is 0.738. The fraction of sp³-hybridized carbons (Fsp3) is 0.429. The Labute approximate surface area is 119 Å². The van der Waals surface area contributed by atoms with Gasteiger partial charge in [-0.25, -0.2) is 12.8 Å². The van der Waals surface area contributed by atoms with Crippen LogP contribution in [0.15, 0.2) is 35.7 Å². The van der Waals surface area contributed by atoms with Crippen molar-refractivity contribution >= 4 is 10.0 Å². The molecule has 1 aromatic rings. The van der Waals surface area contributed by atoms with Crippen LogP contribution in [0, 0.1) is 5.82 Å². The molecular formula is C14H19FN2O2S. The lowest BCUT2D eigenvalue weighted by molar-refractivity contribution is 0.431. The van der Waals surface area contributed by atoms with Gasteiger partial charge in [0.2, 0.25) is 10.0 Å². The Bertz CT molecular complexity index is 597. The van der Waals surface area contributed by atoms with Gasteiger partial charge in [0.1, 0.15) is 10.7 Å². The van der Waals surface area contributed by atoms with Crippen LogP contribution in [0.4, 0.5) is 4.39 Å². The molecule has 0 unspecified atom stereocenters. The zero-order chi connectivity index (χ0) is 14.8. The van der Waals surface area contributed by atoms with Gasteiger partial charge in [0, 0.05) is 19.1 Å². The van der Waals surface area contributed by atoms with Crippen molar-refractivity contribution < 1.29 is 12.8 Å². The number of sulfonamides is 1. The Kier molecular flexibility index (Phi) is 4.57. The molecular weight excluding hydrogens is 279 g/mol. The molecule has 110 valence electrons. The monoisotopic (exact) mass is 298 g/mol. The molecule has 0 spiro atoms. The summed E-state index contributed by atoms with van der Waals surface area (Å²) in [5, 5.41) is 2.92. The molecule has 0 amide bonds. The van der Waals surface area contributed by atoms with Gasteiger partial charge in [-0.2, -0.15) is 4.31 Å². The van der Waals surface area contributed by atoms with Crippen LogP contribution >= 0.6 is 0 Å². The van der Waals surface area contributed by atoms with Gasteiger partial charge >= 0.3 is 0 Å². The van der Waals surface area contributed by atoms with Crippen molar-refractivity contribution in [1.29, 1.82) is 0 Å². The summed E-state index contributed by atoms with van der Waals surface area (Å²) in [7, 11) is -2.06. The van der Waals surface area contributed by atoms with Crippen molar-refractivity contribution in [2.75, 3.05) is 13.6 Å².